The summed E-state index contributed by atoms with van der Waals surface area (Å²) in [6.07, 6.45) is 4.24. The van der Waals surface area contributed by atoms with Crippen LogP contribution in [0.25, 0.3) is 0 Å². The van der Waals surface area contributed by atoms with Crippen LogP contribution in [0.4, 0.5) is 5.13 Å². The van der Waals surface area contributed by atoms with E-state index < -0.39 is 0 Å². The maximum Gasteiger partial charge on any atom is 0.309 e. The zero-order chi connectivity index (χ0) is 13.4. The minimum Gasteiger partial charge on any atom is -0.469 e. The largest absolute Gasteiger partial charge is 0.469 e. The van der Waals surface area contributed by atoms with Crippen LogP contribution < -0.4 is 5.32 Å². The van der Waals surface area contributed by atoms with E-state index in [9.17, 15) is 9.59 Å². The maximum atomic E-state index is 11.7. The first kappa shape index (κ1) is 12.6. The maximum absolute atomic E-state index is 11.7. The lowest BCUT2D eigenvalue weighted by molar-refractivity contribution is -0.145. The average Bonchev–Trinajstić information content (AvgIpc) is 3.18. The van der Waals surface area contributed by atoms with E-state index in [2.05, 4.69) is 10.3 Å². The van der Waals surface area contributed by atoms with E-state index >= 15 is 0 Å². The number of fused-ring (bicyclic) bond motifs is 1. The number of amides is 1. The number of nitrogens with zero attached hydrogens (tertiary/aromatic N) is 1. The van der Waals surface area contributed by atoms with Gasteiger partial charge in [-0.15, -0.1) is 11.3 Å². The molecule has 0 aromatic carbocycles. The molecule has 1 aromatic heterocycles. The Morgan fingerprint density at radius 1 is 1.32 bits per heavy atom. The summed E-state index contributed by atoms with van der Waals surface area (Å²) in [7, 11) is 1.42. The minimum absolute atomic E-state index is 0.0793. The van der Waals surface area contributed by atoms with Crippen molar-refractivity contribution in [3.63, 3.8) is 0 Å². The van der Waals surface area contributed by atoms with E-state index in [-0.39, 0.29) is 23.7 Å². The highest BCUT2D eigenvalue weighted by Crippen LogP contribution is 2.34. The average molecular weight is 280 g/mol. The highest BCUT2D eigenvalue weighted by molar-refractivity contribution is 7.15. The Balaban J connectivity index is 1.69. The van der Waals surface area contributed by atoms with Crippen LogP contribution in [-0.2, 0) is 27.2 Å². The van der Waals surface area contributed by atoms with Gasteiger partial charge in [0.25, 0.3) is 0 Å². The van der Waals surface area contributed by atoms with Crippen LogP contribution in [0.3, 0.4) is 0 Å². The molecule has 1 fully saturated rings. The van der Waals surface area contributed by atoms with E-state index in [1.165, 1.54) is 23.3 Å². The molecule has 1 amide bonds. The molecular formula is C13H16N2O3S. The number of carbonyl (C=O) groups excluding carboxylic acids is 2. The summed E-state index contributed by atoms with van der Waals surface area (Å²) in [5.74, 6) is 0.00756. The number of methoxy groups -OCH3 is 1. The molecule has 2 aliphatic carbocycles. The van der Waals surface area contributed by atoms with Crippen molar-refractivity contribution in [1.29, 1.82) is 0 Å². The van der Waals surface area contributed by atoms with Crippen LogP contribution in [0, 0.1) is 11.8 Å². The summed E-state index contributed by atoms with van der Waals surface area (Å²) in [4.78, 5) is 28.9. The number of aryl methyl sites for hydroxylation is 1. The Morgan fingerprint density at radius 2 is 2.11 bits per heavy atom. The number of hydrogen-bond acceptors (Lipinski definition) is 5. The fraction of sp³-hybridized carbons (Fsp3) is 0.615. The summed E-state index contributed by atoms with van der Waals surface area (Å²) >= 11 is 1.54. The molecule has 1 unspecified atom stereocenters. The van der Waals surface area contributed by atoms with Gasteiger partial charge in [0.1, 0.15) is 0 Å². The van der Waals surface area contributed by atoms with Gasteiger partial charge in [0.05, 0.1) is 18.7 Å². The quantitative estimate of drug-likeness (QED) is 0.857. The van der Waals surface area contributed by atoms with Gasteiger partial charge >= 0.3 is 5.97 Å². The standard InChI is InChI=1S/C13H16N2O3S/c1-18-12(17)8-4-5-10-9(6-8)14-13(19-10)15-11(16)7-2-3-7/h7-8H,2-6H2,1H3,(H,14,15,16). The van der Waals surface area contributed by atoms with Crippen LogP contribution in [0.5, 0.6) is 0 Å². The molecule has 5 nitrogen and oxygen atoms in total. The summed E-state index contributed by atoms with van der Waals surface area (Å²) in [5, 5.41) is 3.54. The number of esters is 1. The lowest BCUT2D eigenvalue weighted by atomic mass is 9.91. The second-order valence-electron chi connectivity index (χ2n) is 5.12. The first-order valence-electron chi connectivity index (χ1n) is 6.54. The monoisotopic (exact) mass is 280 g/mol. The van der Waals surface area contributed by atoms with Crippen molar-refractivity contribution in [2.45, 2.75) is 32.1 Å². The van der Waals surface area contributed by atoms with Crippen molar-refractivity contribution in [2.24, 2.45) is 11.8 Å². The molecule has 1 saturated carbocycles. The predicted molar refractivity (Wildman–Crippen MR) is 71.0 cm³/mol. The van der Waals surface area contributed by atoms with Gasteiger partial charge in [0.2, 0.25) is 5.91 Å². The Bertz CT molecular complexity index is 522. The molecule has 0 spiro atoms. The lowest BCUT2D eigenvalue weighted by Crippen LogP contribution is -2.23. The third-order valence-corrected chi connectivity index (χ3v) is 4.72. The van der Waals surface area contributed by atoms with Crippen molar-refractivity contribution in [3.05, 3.63) is 10.6 Å². The fourth-order valence-electron chi connectivity index (χ4n) is 2.35. The summed E-state index contributed by atoms with van der Waals surface area (Å²) < 4.78 is 4.78. The molecule has 1 N–H and O–H groups in total. The molecule has 2 aliphatic rings. The molecule has 0 aliphatic heterocycles. The number of nitrogens with one attached hydrogen (secondary N) is 1. The van der Waals surface area contributed by atoms with Gasteiger partial charge in [-0.1, -0.05) is 0 Å². The van der Waals surface area contributed by atoms with Crippen LogP contribution in [-0.4, -0.2) is 24.0 Å². The molecule has 1 aromatic rings. The summed E-state index contributed by atoms with van der Waals surface area (Å²) in [6, 6.07) is 0. The lowest BCUT2D eigenvalue weighted by Gasteiger charge is -2.18. The SMILES string of the molecule is COC(=O)C1CCc2sc(NC(=O)C3CC3)nc2C1. The second kappa shape index (κ2) is 4.92. The number of aromatic nitrogens is 1. The van der Waals surface area contributed by atoms with Gasteiger partial charge < -0.3 is 10.1 Å². The summed E-state index contributed by atoms with van der Waals surface area (Å²) in [5.41, 5.74) is 0.942. The number of thiazole rings is 1. The number of ether oxygens (including phenoxy) is 1. The van der Waals surface area contributed by atoms with Crippen molar-refractivity contribution in [1.82, 2.24) is 4.98 Å². The fourth-order valence-corrected chi connectivity index (χ4v) is 3.36. The van der Waals surface area contributed by atoms with Crippen molar-refractivity contribution >= 4 is 28.3 Å². The molecule has 1 atom stereocenters. The first-order chi connectivity index (χ1) is 9.17. The summed E-state index contributed by atoms with van der Waals surface area (Å²) in [6.45, 7) is 0. The number of hydrogen-bond donors (Lipinski definition) is 1. The number of rotatable bonds is 3. The van der Waals surface area contributed by atoms with Gasteiger partial charge in [-0.2, -0.15) is 0 Å². The van der Waals surface area contributed by atoms with Gasteiger partial charge in [-0.05, 0) is 25.7 Å². The Morgan fingerprint density at radius 3 is 2.79 bits per heavy atom. The molecule has 6 heteroatoms. The molecule has 0 radical (unpaired) electrons. The van der Waals surface area contributed by atoms with Gasteiger partial charge in [0.15, 0.2) is 5.13 Å². The number of anilines is 1. The molecule has 3 rings (SSSR count). The van der Waals surface area contributed by atoms with Gasteiger partial charge in [0, 0.05) is 17.2 Å². The Kier molecular flexibility index (Phi) is 3.26. The van der Waals surface area contributed by atoms with E-state index in [1.54, 1.807) is 0 Å². The second-order valence-corrected chi connectivity index (χ2v) is 6.20. The van der Waals surface area contributed by atoms with Gasteiger partial charge in [-0.3, -0.25) is 9.59 Å². The highest BCUT2D eigenvalue weighted by atomic mass is 32.1. The van der Waals surface area contributed by atoms with Gasteiger partial charge in [-0.25, -0.2) is 4.98 Å². The third-order valence-electron chi connectivity index (χ3n) is 3.65. The minimum atomic E-state index is -0.165. The van der Waals surface area contributed by atoms with Crippen LogP contribution in [0.1, 0.15) is 29.8 Å². The van der Waals surface area contributed by atoms with Crippen molar-refractivity contribution in [3.8, 4) is 0 Å². The van der Waals surface area contributed by atoms with E-state index in [4.69, 9.17) is 4.74 Å². The Labute approximate surface area is 115 Å². The molecular weight excluding hydrogens is 264 g/mol. The van der Waals surface area contributed by atoms with Crippen LogP contribution >= 0.6 is 11.3 Å². The third kappa shape index (κ3) is 2.63. The van der Waals surface area contributed by atoms with Crippen LogP contribution in [0.15, 0.2) is 0 Å². The predicted octanol–water partition coefficient (Wildman–Crippen LogP) is 1.77. The van der Waals surface area contributed by atoms with E-state index in [0.717, 1.165) is 31.4 Å². The Hall–Kier alpha value is -1.43. The van der Waals surface area contributed by atoms with Crippen LogP contribution in [0.2, 0.25) is 0 Å². The zero-order valence-electron chi connectivity index (χ0n) is 10.8. The smallest absolute Gasteiger partial charge is 0.309 e. The molecule has 0 saturated heterocycles. The molecule has 102 valence electrons. The molecule has 19 heavy (non-hydrogen) atoms. The first-order valence-corrected chi connectivity index (χ1v) is 7.36. The molecule has 1 heterocycles. The topological polar surface area (TPSA) is 68.3 Å². The van der Waals surface area contributed by atoms with E-state index in [1.807, 2.05) is 0 Å². The van der Waals surface area contributed by atoms with Crippen molar-refractivity contribution < 1.29 is 14.3 Å². The van der Waals surface area contributed by atoms with Crippen molar-refractivity contribution in [2.75, 3.05) is 12.4 Å². The number of carbonyl (C=O) groups is 2. The molecule has 0 bridgehead atoms. The van der Waals surface area contributed by atoms with E-state index in [0.29, 0.717) is 11.6 Å². The highest BCUT2D eigenvalue weighted by Gasteiger charge is 2.32. The normalized spacial score (nSPS) is 21.6. The zero-order valence-corrected chi connectivity index (χ0v) is 11.6.